The number of aromatic nitrogens is 3. The molecule has 0 spiro atoms. The van der Waals surface area contributed by atoms with Crippen molar-refractivity contribution in [3.63, 3.8) is 0 Å². The van der Waals surface area contributed by atoms with Crippen LogP contribution in [0.25, 0.3) is 11.1 Å². The third-order valence-electron chi connectivity index (χ3n) is 5.44. The summed E-state index contributed by atoms with van der Waals surface area (Å²) >= 11 is 0. The Morgan fingerprint density at radius 1 is 1.06 bits per heavy atom. The number of carbonyl (C=O) groups is 3. The van der Waals surface area contributed by atoms with Crippen LogP contribution in [0.15, 0.2) is 60.9 Å². The Morgan fingerprint density at radius 2 is 1.73 bits per heavy atom. The summed E-state index contributed by atoms with van der Waals surface area (Å²) in [4.78, 5) is 36.1. The fourth-order valence-electron chi connectivity index (χ4n) is 3.94. The quantitative estimate of drug-likeness (QED) is 0.453. The Labute approximate surface area is 189 Å². The second-order valence-corrected chi connectivity index (χ2v) is 7.58. The van der Waals surface area contributed by atoms with Crippen LogP contribution in [0.4, 0.5) is 4.79 Å². The summed E-state index contributed by atoms with van der Waals surface area (Å²) in [6, 6.07) is 14.6. The molecule has 1 heterocycles. The van der Waals surface area contributed by atoms with Gasteiger partial charge in [-0.2, -0.15) is 0 Å². The summed E-state index contributed by atoms with van der Waals surface area (Å²) in [7, 11) is 0. The summed E-state index contributed by atoms with van der Waals surface area (Å²) in [5.74, 6) is -1.98. The SMILES string of the molecule is O=C(O)CC(NC(=O)OCC1c2ccccc2-c2ccccc21)C(=O)NCCn1ccnn1. The minimum absolute atomic E-state index is 0.0631. The minimum Gasteiger partial charge on any atom is -0.481 e. The molecule has 0 saturated carbocycles. The van der Waals surface area contributed by atoms with Gasteiger partial charge in [-0.3, -0.25) is 14.3 Å². The first-order valence-electron chi connectivity index (χ1n) is 10.5. The lowest BCUT2D eigenvalue weighted by molar-refractivity contribution is -0.139. The van der Waals surface area contributed by atoms with Gasteiger partial charge in [0.1, 0.15) is 12.6 Å². The van der Waals surface area contributed by atoms with E-state index in [0.29, 0.717) is 6.54 Å². The fourth-order valence-corrected chi connectivity index (χ4v) is 3.94. The van der Waals surface area contributed by atoms with Crippen molar-refractivity contribution < 1.29 is 24.2 Å². The number of amides is 2. The molecular weight excluding hydrogens is 426 g/mol. The van der Waals surface area contributed by atoms with Gasteiger partial charge in [0, 0.05) is 18.7 Å². The standard InChI is InChI=1S/C23H23N5O5/c29-21(30)13-20(22(31)24-9-11-28-12-10-25-27-28)26-23(32)33-14-19-17-7-3-1-5-15(17)16-6-2-4-8-18(16)19/h1-8,10,12,19-20H,9,11,13-14H2,(H,24,31)(H,26,32)(H,29,30). The smallest absolute Gasteiger partial charge is 0.407 e. The van der Waals surface area contributed by atoms with Crippen molar-refractivity contribution in [3.8, 4) is 11.1 Å². The van der Waals surface area contributed by atoms with E-state index in [4.69, 9.17) is 9.84 Å². The molecule has 1 unspecified atom stereocenters. The van der Waals surface area contributed by atoms with Gasteiger partial charge in [-0.05, 0) is 22.3 Å². The van der Waals surface area contributed by atoms with Crippen molar-refractivity contribution in [2.75, 3.05) is 13.2 Å². The summed E-state index contributed by atoms with van der Waals surface area (Å²) in [5.41, 5.74) is 4.30. The Bertz CT molecular complexity index is 1100. The molecule has 0 aliphatic heterocycles. The molecule has 1 aliphatic rings. The highest BCUT2D eigenvalue weighted by Gasteiger charge is 2.30. The third-order valence-corrected chi connectivity index (χ3v) is 5.44. The molecule has 3 N–H and O–H groups in total. The summed E-state index contributed by atoms with van der Waals surface area (Å²) < 4.78 is 6.94. The maximum absolute atomic E-state index is 12.5. The van der Waals surface area contributed by atoms with Crippen LogP contribution in [0.1, 0.15) is 23.5 Å². The number of benzene rings is 2. The van der Waals surface area contributed by atoms with E-state index in [1.807, 2.05) is 48.5 Å². The first-order chi connectivity index (χ1) is 16.0. The van der Waals surface area contributed by atoms with Crippen molar-refractivity contribution in [1.29, 1.82) is 0 Å². The van der Waals surface area contributed by atoms with Crippen LogP contribution in [0.5, 0.6) is 0 Å². The van der Waals surface area contributed by atoms with Gasteiger partial charge < -0.3 is 20.5 Å². The van der Waals surface area contributed by atoms with E-state index in [0.717, 1.165) is 22.3 Å². The highest BCUT2D eigenvalue weighted by Crippen LogP contribution is 2.44. The van der Waals surface area contributed by atoms with Gasteiger partial charge in [0.05, 0.1) is 19.2 Å². The normalized spacial score (nSPS) is 13.0. The van der Waals surface area contributed by atoms with Gasteiger partial charge in [-0.25, -0.2) is 4.79 Å². The zero-order chi connectivity index (χ0) is 23.2. The Hall–Kier alpha value is -4.21. The van der Waals surface area contributed by atoms with Crippen LogP contribution < -0.4 is 10.6 Å². The van der Waals surface area contributed by atoms with Crippen molar-refractivity contribution in [2.24, 2.45) is 0 Å². The summed E-state index contributed by atoms with van der Waals surface area (Å²) in [6.07, 6.45) is 1.72. The number of nitrogens with zero attached hydrogens (tertiary/aromatic N) is 3. The van der Waals surface area contributed by atoms with Crippen LogP contribution >= 0.6 is 0 Å². The number of rotatable bonds is 9. The predicted molar refractivity (Wildman–Crippen MR) is 117 cm³/mol. The van der Waals surface area contributed by atoms with Crippen molar-refractivity contribution in [1.82, 2.24) is 25.6 Å². The number of hydrogen-bond acceptors (Lipinski definition) is 6. The Morgan fingerprint density at radius 3 is 2.33 bits per heavy atom. The van der Waals surface area contributed by atoms with E-state index in [1.54, 1.807) is 6.20 Å². The van der Waals surface area contributed by atoms with Crippen LogP contribution in [0, 0.1) is 0 Å². The molecule has 4 rings (SSSR count). The number of carbonyl (C=O) groups excluding carboxylic acids is 2. The lowest BCUT2D eigenvalue weighted by atomic mass is 9.98. The van der Waals surface area contributed by atoms with Crippen LogP contribution in [0.2, 0.25) is 0 Å². The Kier molecular flexibility index (Phi) is 6.63. The fraction of sp³-hybridized carbons (Fsp3) is 0.261. The number of alkyl carbamates (subject to hydrolysis) is 1. The van der Waals surface area contributed by atoms with Crippen LogP contribution in [-0.2, 0) is 20.9 Å². The highest BCUT2D eigenvalue weighted by molar-refractivity contribution is 5.89. The molecule has 1 atom stereocenters. The number of aliphatic carboxylic acids is 1. The van der Waals surface area contributed by atoms with Gasteiger partial charge >= 0.3 is 12.1 Å². The van der Waals surface area contributed by atoms with E-state index in [1.165, 1.54) is 10.9 Å². The molecular formula is C23H23N5O5. The maximum atomic E-state index is 12.5. The average Bonchev–Trinajstić information content (AvgIpc) is 3.43. The number of carboxylic acids is 1. The molecule has 10 heteroatoms. The van der Waals surface area contributed by atoms with Crippen molar-refractivity contribution in [3.05, 3.63) is 72.1 Å². The summed E-state index contributed by atoms with van der Waals surface area (Å²) in [5, 5.41) is 21.6. The second-order valence-electron chi connectivity index (χ2n) is 7.58. The molecule has 170 valence electrons. The zero-order valence-corrected chi connectivity index (χ0v) is 17.7. The molecule has 10 nitrogen and oxygen atoms in total. The van der Waals surface area contributed by atoms with E-state index < -0.39 is 30.4 Å². The molecule has 0 fully saturated rings. The van der Waals surface area contributed by atoms with Crippen LogP contribution in [-0.4, -0.2) is 57.3 Å². The highest BCUT2D eigenvalue weighted by atomic mass is 16.5. The topological polar surface area (TPSA) is 135 Å². The van der Waals surface area contributed by atoms with Gasteiger partial charge in [-0.1, -0.05) is 53.7 Å². The van der Waals surface area contributed by atoms with E-state index in [9.17, 15) is 14.4 Å². The zero-order valence-electron chi connectivity index (χ0n) is 17.7. The van der Waals surface area contributed by atoms with E-state index in [-0.39, 0.29) is 19.1 Å². The first kappa shape index (κ1) is 22.0. The molecule has 1 aromatic heterocycles. The molecule has 0 radical (unpaired) electrons. The third kappa shape index (κ3) is 5.17. The van der Waals surface area contributed by atoms with E-state index >= 15 is 0 Å². The van der Waals surface area contributed by atoms with Gasteiger partial charge in [0.25, 0.3) is 0 Å². The lowest BCUT2D eigenvalue weighted by Gasteiger charge is -2.18. The average molecular weight is 449 g/mol. The van der Waals surface area contributed by atoms with Crippen molar-refractivity contribution >= 4 is 18.0 Å². The molecule has 2 amide bonds. The van der Waals surface area contributed by atoms with E-state index in [2.05, 4.69) is 20.9 Å². The Balaban J connectivity index is 1.35. The molecule has 3 aromatic rings. The van der Waals surface area contributed by atoms with Crippen LogP contribution in [0.3, 0.4) is 0 Å². The number of ether oxygens (including phenoxy) is 1. The minimum atomic E-state index is -1.27. The van der Waals surface area contributed by atoms with Gasteiger partial charge in [0.2, 0.25) is 5.91 Å². The first-order valence-corrected chi connectivity index (χ1v) is 10.5. The van der Waals surface area contributed by atoms with Gasteiger partial charge in [-0.15, -0.1) is 5.10 Å². The molecule has 1 aliphatic carbocycles. The molecule has 33 heavy (non-hydrogen) atoms. The van der Waals surface area contributed by atoms with Crippen molar-refractivity contribution in [2.45, 2.75) is 24.9 Å². The van der Waals surface area contributed by atoms with Gasteiger partial charge in [0.15, 0.2) is 0 Å². The largest absolute Gasteiger partial charge is 0.481 e. The molecule has 0 bridgehead atoms. The molecule has 0 saturated heterocycles. The number of hydrogen-bond donors (Lipinski definition) is 3. The monoisotopic (exact) mass is 449 g/mol. The number of fused-ring (bicyclic) bond motifs is 3. The summed E-state index contributed by atoms with van der Waals surface area (Å²) in [6.45, 7) is 0.620. The second kappa shape index (κ2) is 9.94. The maximum Gasteiger partial charge on any atom is 0.407 e. The lowest BCUT2D eigenvalue weighted by Crippen LogP contribution is -2.48. The molecule has 2 aromatic carbocycles. The predicted octanol–water partition coefficient (Wildman–Crippen LogP) is 1.78. The number of carboxylic acid groups (broad SMARTS) is 1. The number of nitrogens with one attached hydrogen (secondary N) is 2.